The van der Waals surface area contributed by atoms with Gasteiger partial charge in [0.25, 0.3) is 0 Å². The van der Waals surface area contributed by atoms with Crippen LogP contribution in [0.25, 0.3) is 10.7 Å². The smallest absolute Gasteiger partial charge is 0.303 e. The molecule has 1 aromatic carbocycles. The zero-order chi connectivity index (χ0) is 28.3. The topological polar surface area (TPSA) is 132 Å². The molecule has 0 aliphatic carbocycles. The normalized spacial score (nSPS) is 22.8. The Morgan fingerprint density at radius 1 is 1.05 bits per heavy atom. The molecule has 2 aromatic heterocycles. The van der Waals surface area contributed by atoms with Gasteiger partial charge in [-0.1, -0.05) is 51.8 Å². The predicted molar refractivity (Wildman–Crippen MR) is 144 cm³/mol. The molecule has 0 saturated carbocycles. The van der Waals surface area contributed by atoms with Crippen LogP contribution in [0.3, 0.4) is 0 Å². The van der Waals surface area contributed by atoms with Gasteiger partial charge in [-0.25, -0.2) is 9.67 Å². The number of nitrogens with zero attached hydrogens (tertiary/aromatic N) is 4. The molecular formula is C23H21Cl3N4O7S2. The molecule has 11 nitrogen and oxygen atoms in total. The van der Waals surface area contributed by atoms with Crippen LogP contribution >= 0.6 is 57.9 Å². The van der Waals surface area contributed by atoms with E-state index < -0.39 is 47.7 Å². The summed E-state index contributed by atoms with van der Waals surface area (Å²) in [5.41, 5.74) is -0.489. The van der Waals surface area contributed by atoms with Crippen molar-refractivity contribution < 1.29 is 33.3 Å². The van der Waals surface area contributed by atoms with E-state index in [-0.39, 0.29) is 6.61 Å². The summed E-state index contributed by atoms with van der Waals surface area (Å²) in [7, 11) is 0. The van der Waals surface area contributed by atoms with Gasteiger partial charge in [-0.2, -0.15) is 0 Å². The number of benzene rings is 1. The summed E-state index contributed by atoms with van der Waals surface area (Å²) in [6.07, 6.45) is -1.53. The van der Waals surface area contributed by atoms with Crippen molar-refractivity contribution in [2.24, 2.45) is 0 Å². The number of esters is 3. The summed E-state index contributed by atoms with van der Waals surface area (Å²) in [4.78, 5) is 41.0. The van der Waals surface area contributed by atoms with Crippen LogP contribution in [0.5, 0.6) is 0 Å². The van der Waals surface area contributed by atoms with Crippen LogP contribution in [0, 0.1) is 0 Å². The van der Waals surface area contributed by atoms with Crippen molar-refractivity contribution in [3.63, 3.8) is 0 Å². The number of rotatable bonds is 8. The first kappa shape index (κ1) is 29.6. The van der Waals surface area contributed by atoms with Gasteiger partial charge in [-0.15, -0.1) is 16.4 Å². The van der Waals surface area contributed by atoms with Crippen molar-refractivity contribution in [3.05, 3.63) is 45.0 Å². The van der Waals surface area contributed by atoms with Gasteiger partial charge in [0.1, 0.15) is 40.0 Å². The maximum atomic E-state index is 12.3. The van der Waals surface area contributed by atoms with Gasteiger partial charge in [0.15, 0.2) is 12.2 Å². The zero-order valence-corrected chi connectivity index (χ0v) is 24.5. The molecule has 2 unspecified atom stereocenters. The molecule has 1 aliphatic heterocycles. The summed E-state index contributed by atoms with van der Waals surface area (Å²) < 4.78 is 24.3. The average Bonchev–Trinajstić information content (AvgIpc) is 3.50. The quantitative estimate of drug-likeness (QED) is 0.249. The molecular weight excluding hydrogens is 615 g/mol. The third-order valence-corrected chi connectivity index (χ3v) is 8.39. The van der Waals surface area contributed by atoms with Gasteiger partial charge in [-0.05, 0) is 18.2 Å². The summed E-state index contributed by atoms with van der Waals surface area (Å²) in [6.45, 7) is 3.46. The van der Waals surface area contributed by atoms with Crippen molar-refractivity contribution in [1.29, 1.82) is 0 Å². The summed E-state index contributed by atoms with van der Waals surface area (Å²) in [5, 5.41) is 11.5. The Morgan fingerprint density at radius 2 is 1.77 bits per heavy atom. The van der Waals surface area contributed by atoms with Crippen molar-refractivity contribution in [2.45, 2.75) is 55.5 Å². The van der Waals surface area contributed by atoms with E-state index >= 15 is 0 Å². The third kappa shape index (κ3) is 7.41. The summed E-state index contributed by atoms with van der Waals surface area (Å²) >= 11 is 20.7. The third-order valence-electron chi connectivity index (χ3n) is 5.33. The Balaban J connectivity index is 1.79. The van der Waals surface area contributed by atoms with Gasteiger partial charge in [-0.3, -0.25) is 14.4 Å². The van der Waals surface area contributed by atoms with Crippen LogP contribution < -0.4 is 0 Å². The van der Waals surface area contributed by atoms with Crippen LogP contribution in [0.2, 0.25) is 15.2 Å². The highest BCUT2D eigenvalue weighted by Gasteiger charge is 2.52. The van der Waals surface area contributed by atoms with E-state index in [1.54, 1.807) is 29.8 Å². The number of hydrogen-bond acceptors (Lipinski definition) is 12. The van der Waals surface area contributed by atoms with Crippen molar-refractivity contribution in [1.82, 2.24) is 20.0 Å². The lowest BCUT2D eigenvalue weighted by atomic mass is 9.96. The minimum Gasteiger partial charge on any atom is -0.463 e. The molecule has 16 heteroatoms. The summed E-state index contributed by atoms with van der Waals surface area (Å²) in [6, 6.07) is 4.04. The molecule has 3 heterocycles. The number of hydrogen-bond donors (Lipinski definition) is 0. The van der Waals surface area contributed by atoms with Crippen molar-refractivity contribution >= 4 is 75.8 Å². The van der Waals surface area contributed by atoms with E-state index in [9.17, 15) is 14.4 Å². The van der Waals surface area contributed by atoms with Gasteiger partial charge < -0.3 is 18.9 Å². The highest BCUT2D eigenvalue weighted by molar-refractivity contribution is 7.99. The van der Waals surface area contributed by atoms with E-state index in [1.807, 2.05) is 0 Å². The number of ether oxygens (including phenoxy) is 4. The predicted octanol–water partition coefficient (Wildman–Crippen LogP) is 4.85. The molecule has 0 N–H and O–H groups in total. The second kappa shape index (κ2) is 12.8. The van der Waals surface area contributed by atoms with Crippen LogP contribution in [0.1, 0.15) is 26.8 Å². The Bertz CT molecular complexity index is 1370. The SMILES string of the molecule is CC(=O)OCC1O[C@H](Sc2ccc(Cl)c(Cl)c2)[C@@H](OC(C)=O)C(n2cc(-c3nc(Cl)cs3)nn2)[C@H]1OC(C)=O. The first-order chi connectivity index (χ1) is 18.5. The maximum Gasteiger partial charge on any atom is 0.303 e. The molecule has 39 heavy (non-hydrogen) atoms. The molecule has 3 aromatic rings. The summed E-state index contributed by atoms with van der Waals surface area (Å²) in [5.74, 6) is -1.80. The molecule has 0 amide bonds. The molecule has 0 bridgehead atoms. The number of thioether (sulfide) groups is 1. The number of carbonyl (C=O) groups excluding carboxylic acids is 3. The fraction of sp³-hybridized carbons (Fsp3) is 0.391. The number of aromatic nitrogens is 4. The second-order valence-electron chi connectivity index (χ2n) is 8.24. The van der Waals surface area contributed by atoms with Crippen LogP contribution in [0.4, 0.5) is 0 Å². The Labute approximate surface area is 246 Å². The fourth-order valence-corrected chi connectivity index (χ4v) is 6.26. The number of thiazole rings is 1. The maximum absolute atomic E-state index is 12.3. The van der Waals surface area contributed by atoms with Crippen molar-refractivity contribution in [2.75, 3.05) is 6.61 Å². The highest BCUT2D eigenvalue weighted by Crippen LogP contribution is 2.42. The number of carbonyl (C=O) groups is 3. The Morgan fingerprint density at radius 3 is 2.38 bits per heavy atom. The second-order valence-corrected chi connectivity index (χ2v) is 11.5. The van der Waals surface area contributed by atoms with Crippen LogP contribution in [-0.4, -0.2) is 68.2 Å². The molecule has 208 valence electrons. The number of halogens is 3. The molecule has 1 aliphatic rings. The van der Waals surface area contributed by atoms with Crippen molar-refractivity contribution in [3.8, 4) is 10.7 Å². The minimum absolute atomic E-state index is 0.251. The average molecular weight is 636 g/mol. The van der Waals surface area contributed by atoms with E-state index in [2.05, 4.69) is 15.3 Å². The van der Waals surface area contributed by atoms with Gasteiger partial charge >= 0.3 is 17.9 Å². The van der Waals surface area contributed by atoms with Crippen LogP contribution in [-0.2, 0) is 33.3 Å². The molecule has 5 atom stereocenters. The molecule has 4 rings (SSSR count). The highest BCUT2D eigenvalue weighted by atomic mass is 35.5. The Kier molecular flexibility index (Phi) is 9.73. The molecule has 1 saturated heterocycles. The first-order valence-corrected chi connectivity index (χ1v) is 14.2. The fourth-order valence-electron chi connectivity index (χ4n) is 3.86. The standard InChI is InChI=1S/C23H21Cl3N4O7S2/c1-10(31)34-8-17-20(35-11(2)32)19(30-7-16(28-29-30)22-27-18(26)9-38-22)21(36-12(3)33)23(37-17)39-13-4-5-14(24)15(25)6-13/h4-7,9,17,19-21,23H,8H2,1-3H3/t17?,19?,20-,21-,23+/m0/s1. The lowest BCUT2D eigenvalue weighted by Gasteiger charge is -2.44. The lowest BCUT2D eigenvalue weighted by Crippen LogP contribution is -2.57. The van der Waals surface area contributed by atoms with Crippen LogP contribution in [0.15, 0.2) is 34.7 Å². The van der Waals surface area contributed by atoms with Gasteiger partial charge in [0.05, 0.1) is 16.2 Å². The minimum atomic E-state index is -1.09. The molecule has 1 fully saturated rings. The zero-order valence-electron chi connectivity index (χ0n) is 20.6. The van der Waals surface area contributed by atoms with Gasteiger partial charge in [0.2, 0.25) is 0 Å². The van der Waals surface area contributed by atoms with E-state index in [0.29, 0.717) is 30.8 Å². The first-order valence-electron chi connectivity index (χ1n) is 11.3. The largest absolute Gasteiger partial charge is 0.463 e. The molecule has 0 spiro atoms. The monoisotopic (exact) mass is 634 g/mol. The van der Waals surface area contributed by atoms with Gasteiger partial charge in [0, 0.05) is 31.0 Å². The molecule has 0 radical (unpaired) electrons. The van der Waals surface area contributed by atoms with E-state index in [4.69, 9.17) is 53.8 Å². The Hall–Kier alpha value is -2.42. The van der Waals surface area contributed by atoms with E-state index in [0.717, 1.165) is 0 Å². The lowest BCUT2D eigenvalue weighted by molar-refractivity contribution is -0.212. The van der Waals surface area contributed by atoms with E-state index in [1.165, 1.54) is 48.6 Å².